The number of ether oxygens (including phenoxy) is 1. The smallest absolute Gasteiger partial charge is 0.427 e. The molecule has 2 bridgehead atoms. The Labute approximate surface area is 150 Å². The molecule has 0 aliphatic carbocycles. The number of carbonyl (C=O) groups is 2. The minimum absolute atomic E-state index is 0.345. The van der Waals surface area contributed by atoms with Gasteiger partial charge in [0.15, 0.2) is 0 Å². The second kappa shape index (κ2) is 6.45. The first-order valence-electron chi connectivity index (χ1n) is 8.12. The number of oxime groups is 1. The van der Waals surface area contributed by atoms with E-state index in [1.165, 1.54) is 4.90 Å². The van der Waals surface area contributed by atoms with Gasteiger partial charge in [0, 0.05) is 18.3 Å². The summed E-state index contributed by atoms with van der Waals surface area (Å²) in [6, 6.07) is -0.804. The van der Waals surface area contributed by atoms with Crippen molar-refractivity contribution in [3.8, 4) is 0 Å². The first-order chi connectivity index (χ1) is 12.1. The van der Waals surface area contributed by atoms with Crippen LogP contribution in [0.4, 0.5) is 9.59 Å². The van der Waals surface area contributed by atoms with Crippen molar-refractivity contribution in [2.75, 3.05) is 13.1 Å². The molecule has 0 spiro atoms. The maximum Gasteiger partial charge on any atom is 0.535 e. The van der Waals surface area contributed by atoms with Crippen molar-refractivity contribution in [1.29, 1.82) is 0 Å². The third kappa shape index (κ3) is 3.69. The van der Waals surface area contributed by atoms with Crippen LogP contribution >= 0.6 is 0 Å². The van der Waals surface area contributed by atoms with Gasteiger partial charge in [0.1, 0.15) is 5.60 Å². The third-order valence-corrected chi connectivity index (χ3v) is 3.87. The number of hydrogen-bond acceptors (Lipinski definition) is 7. The fourth-order valence-corrected chi connectivity index (χ4v) is 2.64. The van der Waals surface area contributed by atoms with E-state index in [9.17, 15) is 14.8 Å². The summed E-state index contributed by atoms with van der Waals surface area (Å²) in [5, 5.41) is 18.4. The maximum absolute atomic E-state index is 11.8. The Kier molecular flexibility index (Phi) is 4.45. The van der Waals surface area contributed by atoms with Crippen LogP contribution in [0.3, 0.4) is 0 Å². The molecule has 10 heteroatoms. The molecule has 3 heterocycles. The highest BCUT2D eigenvalue weighted by atomic mass is 16.8. The summed E-state index contributed by atoms with van der Waals surface area (Å²) in [5.41, 5.74) is 1.19. The molecule has 1 saturated heterocycles. The molecular formula is C16H21N5O5. The Bertz CT molecular complexity index is 791. The molecule has 0 saturated carbocycles. The van der Waals surface area contributed by atoms with Crippen molar-refractivity contribution in [2.45, 2.75) is 39.3 Å². The highest BCUT2D eigenvalue weighted by Gasteiger charge is 2.39. The maximum atomic E-state index is 11.8. The zero-order chi connectivity index (χ0) is 19.1. The average Bonchev–Trinajstić information content (AvgIpc) is 3.12. The van der Waals surface area contributed by atoms with E-state index in [4.69, 9.17) is 9.57 Å². The minimum Gasteiger partial charge on any atom is -0.427 e. The summed E-state index contributed by atoms with van der Waals surface area (Å²) in [4.78, 5) is 29.6. The van der Waals surface area contributed by atoms with Gasteiger partial charge < -0.3 is 9.64 Å². The molecule has 3 rings (SSSR count). The van der Waals surface area contributed by atoms with E-state index >= 15 is 0 Å². The number of fused-ring (bicyclic) bond motifs is 2. The number of rotatable bonds is 3. The second-order valence-corrected chi connectivity index (χ2v) is 7.14. The Hall–Kier alpha value is -2.88. The predicted molar refractivity (Wildman–Crippen MR) is 90.4 cm³/mol. The Morgan fingerprint density at radius 2 is 2.15 bits per heavy atom. The highest BCUT2D eigenvalue weighted by molar-refractivity contribution is 5.98. The summed E-state index contributed by atoms with van der Waals surface area (Å²) in [7, 11) is 0. The van der Waals surface area contributed by atoms with Crippen LogP contribution in [0.1, 0.15) is 33.3 Å². The van der Waals surface area contributed by atoms with Crippen LogP contribution in [0.2, 0.25) is 0 Å². The number of urea groups is 1. The van der Waals surface area contributed by atoms with Gasteiger partial charge in [0.2, 0.25) is 0 Å². The van der Waals surface area contributed by atoms with E-state index in [-0.39, 0.29) is 6.04 Å². The molecule has 0 radical (unpaired) electrons. The van der Waals surface area contributed by atoms with Gasteiger partial charge in [-0.25, -0.2) is 14.3 Å². The van der Waals surface area contributed by atoms with Crippen molar-refractivity contribution < 1.29 is 24.4 Å². The molecule has 1 N–H and O–H groups in total. The Morgan fingerprint density at radius 1 is 1.42 bits per heavy atom. The average molecular weight is 363 g/mol. The molecule has 1 atom stereocenters. The number of nitrogens with zero attached hydrogens (tertiary/aromatic N) is 5. The van der Waals surface area contributed by atoms with Gasteiger partial charge in [-0.15, -0.1) is 0 Å². The normalized spacial score (nSPS) is 20.3. The van der Waals surface area contributed by atoms with Gasteiger partial charge in [0.25, 0.3) is 0 Å². The number of hydroxylamine groups is 2. The van der Waals surface area contributed by atoms with Gasteiger partial charge >= 0.3 is 12.2 Å². The van der Waals surface area contributed by atoms with Gasteiger partial charge in [0.05, 0.1) is 30.2 Å². The van der Waals surface area contributed by atoms with Crippen LogP contribution < -0.4 is 0 Å². The lowest BCUT2D eigenvalue weighted by Gasteiger charge is -2.20. The Balaban J connectivity index is 1.68. The quantitative estimate of drug-likeness (QED) is 0.289. The molecule has 1 fully saturated rings. The number of hydrogen-bond donors (Lipinski definition) is 1. The summed E-state index contributed by atoms with van der Waals surface area (Å²) in [6.07, 6.45) is 4.19. The lowest BCUT2D eigenvalue weighted by molar-refractivity contribution is -0.0450. The molecule has 26 heavy (non-hydrogen) atoms. The fourth-order valence-electron chi connectivity index (χ4n) is 2.64. The van der Waals surface area contributed by atoms with Gasteiger partial charge in [-0.2, -0.15) is 10.2 Å². The van der Waals surface area contributed by atoms with Crippen LogP contribution in [-0.4, -0.2) is 67.6 Å². The summed E-state index contributed by atoms with van der Waals surface area (Å²) < 4.78 is 6.62. The molecule has 0 aromatic carbocycles. The van der Waals surface area contributed by atoms with Crippen molar-refractivity contribution in [1.82, 2.24) is 19.7 Å². The summed E-state index contributed by atoms with van der Waals surface area (Å²) in [5.74, 6) is 0. The molecule has 2 aliphatic heterocycles. The number of carbonyl (C=O) groups excluding carboxylic acids is 2. The van der Waals surface area contributed by atoms with Crippen LogP contribution in [0, 0.1) is 0 Å². The third-order valence-electron chi connectivity index (χ3n) is 3.87. The minimum atomic E-state index is -0.884. The number of aromatic nitrogens is 2. The molecule has 2 amide bonds. The van der Waals surface area contributed by atoms with Gasteiger partial charge in [-0.1, -0.05) is 5.16 Å². The second-order valence-electron chi connectivity index (χ2n) is 7.14. The lowest BCUT2D eigenvalue weighted by atomic mass is 10.2. The largest absolute Gasteiger partial charge is 0.535 e. The van der Waals surface area contributed by atoms with Gasteiger partial charge in [-0.05, 0) is 33.8 Å². The van der Waals surface area contributed by atoms with Crippen molar-refractivity contribution in [3.05, 3.63) is 24.0 Å². The van der Waals surface area contributed by atoms with Crippen LogP contribution in [0.15, 0.2) is 23.6 Å². The van der Waals surface area contributed by atoms with Crippen LogP contribution in [0.25, 0.3) is 5.70 Å². The Morgan fingerprint density at radius 3 is 2.81 bits per heavy atom. The topological polar surface area (TPSA) is 109 Å². The zero-order valence-electron chi connectivity index (χ0n) is 15.0. The van der Waals surface area contributed by atoms with Crippen molar-refractivity contribution >= 4 is 23.6 Å². The van der Waals surface area contributed by atoms with E-state index in [2.05, 4.69) is 10.3 Å². The van der Waals surface area contributed by atoms with E-state index in [0.29, 0.717) is 24.4 Å². The molecule has 1 aromatic heterocycles. The monoisotopic (exact) mass is 363 g/mol. The molecule has 2 aliphatic rings. The van der Waals surface area contributed by atoms with Gasteiger partial charge in [-0.3, -0.25) is 10.0 Å². The van der Waals surface area contributed by atoms with Crippen molar-refractivity contribution in [3.63, 3.8) is 0 Å². The molecule has 1 unspecified atom stereocenters. The summed E-state index contributed by atoms with van der Waals surface area (Å²) >= 11 is 0. The lowest BCUT2D eigenvalue weighted by Crippen LogP contribution is -2.31. The molecule has 140 valence electrons. The standard InChI is InChI=1S/C16H21N5O5/c1-10(18-26-15(23)25-16(2,3)4)11-6-17-20(7-11)12-5-13-9-19(8-12)14(22)21(13)24/h5-7,13,24H,8-9H2,1-4H3/b18-10-. The predicted octanol–water partition coefficient (Wildman–Crippen LogP) is 1.91. The molecular weight excluding hydrogens is 342 g/mol. The SMILES string of the molecule is C/C(=N/OC(=O)OC(C)(C)C)c1cnn(C2=CC3CN(C2)C(=O)N3O)c1. The van der Waals surface area contributed by atoms with Crippen molar-refractivity contribution in [2.24, 2.45) is 5.16 Å². The fraction of sp³-hybridized carbons (Fsp3) is 0.500. The first-order valence-corrected chi connectivity index (χ1v) is 8.12. The first kappa shape index (κ1) is 17.9. The van der Waals surface area contributed by atoms with E-state index < -0.39 is 17.8 Å². The van der Waals surface area contributed by atoms with Crippen LogP contribution in [0.5, 0.6) is 0 Å². The summed E-state index contributed by atoms with van der Waals surface area (Å²) in [6.45, 7) is 7.67. The van der Waals surface area contributed by atoms with E-state index in [0.717, 1.165) is 10.8 Å². The van der Waals surface area contributed by atoms with E-state index in [1.807, 2.05) is 0 Å². The zero-order valence-corrected chi connectivity index (χ0v) is 15.0. The molecule has 1 aromatic rings. The van der Waals surface area contributed by atoms with Crippen LogP contribution in [-0.2, 0) is 9.57 Å². The highest BCUT2D eigenvalue weighted by Crippen LogP contribution is 2.24. The molecule has 10 nitrogen and oxygen atoms in total. The number of amides is 2. The van der Waals surface area contributed by atoms with E-state index in [1.54, 1.807) is 50.8 Å².